The molecule has 0 aromatic carbocycles. The fraction of sp³-hybridized carbons (Fsp3) is 0.583. The van der Waals surface area contributed by atoms with Crippen molar-refractivity contribution in [3.8, 4) is 0 Å². The van der Waals surface area contributed by atoms with Crippen LogP contribution in [0.15, 0.2) is 12.1 Å². The van der Waals surface area contributed by atoms with Gasteiger partial charge in [-0.25, -0.2) is 0 Å². The molecule has 4 heteroatoms. The van der Waals surface area contributed by atoms with Gasteiger partial charge in [-0.3, -0.25) is 4.79 Å². The molecule has 0 spiro atoms. The zero-order chi connectivity index (χ0) is 11.6. The van der Waals surface area contributed by atoms with Gasteiger partial charge in [0.25, 0.3) is 0 Å². The monoisotopic (exact) mass is 258 g/mol. The van der Waals surface area contributed by atoms with E-state index in [1.165, 1.54) is 17.8 Å². The van der Waals surface area contributed by atoms with Crippen LogP contribution in [-0.4, -0.2) is 18.5 Å². The second-order valence-electron chi connectivity index (χ2n) is 4.19. The van der Waals surface area contributed by atoms with Crippen LogP contribution in [0.5, 0.6) is 0 Å². The molecule has 0 bridgehead atoms. The van der Waals surface area contributed by atoms with Crippen molar-refractivity contribution in [3.05, 3.63) is 21.3 Å². The molecule has 1 saturated carbocycles. The first-order valence-electron chi connectivity index (χ1n) is 5.53. The van der Waals surface area contributed by atoms with Crippen molar-refractivity contribution in [2.24, 2.45) is 0 Å². The number of hydrogen-bond donors (Lipinski definition) is 0. The quantitative estimate of drug-likeness (QED) is 0.768. The van der Waals surface area contributed by atoms with Crippen molar-refractivity contribution in [2.75, 3.05) is 7.11 Å². The fourth-order valence-electron chi connectivity index (χ4n) is 2.31. The van der Waals surface area contributed by atoms with Crippen LogP contribution in [0.25, 0.3) is 0 Å². The molecular weight excluding hydrogens is 244 g/mol. The topological polar surface area (TPSA) is 26.3 Å². The number of methoxy groups -OCH3 is 1. The summed E-state index contributed by atoms with van der Waals surface area (Å²) >= 11 is 7.20. The molecule has 1 aliphatic rings. The van der Waals surface area contributed by atoms with E-state index in [1.54, 1.807) is 19.2 Å². The standard InChI is InChI=1S/C12H15ClO2S/c1-15-12(7-3-2-4-8-12)11(14)9-5-6-10(13)16-9/h5-6H,2-4,7-8H2,1H3. The third kappa shape index (κ3) is 2.17. The lowest BCUT2D eigenvalue weighted by atomic mass is 9.81. The number of rotatable bonds is 3. The number of ether oxygens (including phenoxy) is 1. The molecule has 0 unspecified atom stereocenters. The van der Waals surface area contributed by atoms with Gasteiger partial charge in [0, 0.05) is 7.11 Å². The van der Waals surface area contributed by atoms with E-state index in [2.05, 4.69) is 0 Å². The van der Waals surface area contributed by atoms with Crippen molar-refractivity contribution in [1.29, 1.82) is 0 Å². The van der Waals surface area contributed by atoms with E-state index in [9.17, 15) is 4.79 Å². The SMILES string of the molecule is COC1(C(=O)c2ccc(Cl)s2)CCCCC1. The maximum atomic E-state index is 12.4. The molecule has 2 nitrogen and oxygen atoms in total. The van der Waals surface area contributed by atoms with Crippen LogP contribution in [0.4, 0.5) is 0 Å². The van der Waals surface area contributed by atoms with Gasteiger partial charge in [-0.2, -0.15) is 0 Å². The predicted octanol–water partition coefficient (Wildman–Crippen LogP) is 3.93. The minimum Gasteiger partial charge on any atom is -0.370 e. The number of halogens is 1. The third-order valence-corrected chi connectivity index (χ3v) is 4.49. The van der Waals surface area contributed by atoms with Crippen LogP contribution >= 0.6 is 22.9 Å². The number of carbonyl (C=O) groups excluding carboxylic acids is 1. The van der Waals surface area contributed by atoms with Gasteiger partial charge < -0.3 is 4.74 Å². The van der Waals surface area contributed by atoms with Crippen LogP contribution in [0.2, 0.25) is 4.34 Å². The summed E-state index contributed by atoms with van der Waals surface area (Å²) in [5.41, 5.74) is -0.591. The maximum absolute atomic E-state index is 12.4. The van der Waals surface area contributed by atoms with Crippen LogP contribution in [-0.2, 0) is 4.74 Å². The Bertz CT molecular complexity index is 380. The van der Waals surface area contributed by atoms with E-state index in [0.717, 1.165) is 25.7 Å². The average Bonchev–Trinajstić information content (AvgIpc) is 2.76. The van der Waals surface area contributed by atoms with E-state index < -0.39 is 5.60 Å². The van der Waals surface area contributed by atoms with Gasteiger partial charge in [-0.15, -0.1) is 11.3 Å². The number of Topliss-reactive ketones (excluding diaryl/α,β-unsaturated/α-hetero) is 1. The fourth-order valence-corrected chi connectivity index (χ4v) is 3.38. The van der Waals surface area contributed by atoms with Gasteiger partial charge in [0.1, 0.15) is 5.60 Å². The van der Waals surface area contributed by atoms with Crippen LogP contribution in [0.3, 0.4) is 0 Å². The molecule has 0 radical (unpaired) electrons. The lowest BCUT2D eigenvalue weighted by molar-refractivity contribution is -0.0190. The average molecular weight is 259 g/mol. The van der Waals surface area contributed by atoms with E-state index in [0.29, 0.717) is 9.21 Å². The van der Waals surface area contributed by atoms with Gasteiger partial charge in [0.05, 0.1) is 9.21 Å². The molecule has 1 aliphatic carbocycles. The van der Waals surface area contributed by atoms with E-state index in [1.807, 2.05) is 0 Å². The van der Waals surface area contributed by atoms with Crippen LogP contribution in [0.1, 0.15) is 41.8 Å². The lowest BCUT2D eigenvalue weighted by Gasteiger charge is -2.34. The molecule has 0 N–H and O–H groups in total. The summed E-state index contributed by atoms with van der Waals surface area (Å²) in [4.78, 5) is 13.1. The number of hydrogen-bond acceptors (Lipinski definition) is 3. The first-order chi connectivity index (χ1) is 7.68. The second kappa shape index (κ2) is 4.86. The van der Waals surface area contributed by atoms with Gasteiger partial charge in [-0.1, -0.05) is 30.9 Å². The van der Waals surface area contributed by atoms with E-state index in [4.69, 9.17) is 16.3 Å². The highest BCUT2D eigenvalue weighted by Gasteiger charge is 2.40. The number of carbonyl (C=O) groups is 1. The highest BCUT2D eigenvalue weighted by Crippen LogP contribution is 2.36. The summed E-state index contributed by atoms with van der Waals surface area (Å²) in [5.74, 6) is 0.103. The van der Waals surface area contributed by atoms with Gasteiger partial charge in [-0.05, 0) is 25.0 Å². The third-order valence-electron chi connectivity index (χ3n) is 3.26. The Morgan fingerprint density at radius 3 is 2.56 bits per heavy atom. The Labute approximate surface area is 105 Å². The van der Waals surface area contributed by atoms with E-state index >= 15 is 0 Å². The Kier molecular flexibility index (Phi) is 3.67. The molecule has 1 fully saturated rings. The van der Waals surface area contributed by atoms with Crippen LogP contribution < -0.4 is 0 Å². The normalized spacial score (nSPS) is 19.6. The van der Waals surface area contributed by atoms with Crippen LogP contribution in [0, 0.1) is 0 Å². The first kappa shape index (κ1) is 12.1. The summed E-state index contributed by atoms with van der Waals surface area (Å²) < 4.78 is 6.18. The molecule has 16 heavy (non-hydrogen) atoms. The lowest BCUT2D eigenvalue weighted by Crippen LogP contribution is -2.42. The minimum atomic E-state index is -0.591. The van der Waals surface area contributed by atoms with Crippen molar-refractivity contribution >= 4 is 28.7 Å². The highest BCUT2D eigenvalue weighted by atomic mass is 35.5. The number of thiophene rings is 1. The zero-order valence-corrected chi connectivity index (χ0v) is 10.9. The summed E-state index contributed by atoms with van der Waals surface area (Å²) in [7, 11) is 1.64. The van der Waals surface area contributed by atoms with Gasteiger partial charge >= 0.3 is 0 Å². The molecule has 0 saturated heterocycles. The molecule has 88 valence electrons. The first-order valence-corrected chi connectivity index (χ1v) is 6.73. The summed E-state index contributed by atoms with van der Waals surface area (Å²) in [6.07, 6.45) is 5.00. The number of ketones is 1. The zero-order valence-electron chi connectivity index (χ0n) is 9.29. The molecule has 2 rings (SSSR count). The molecule has 0 atom stereocenters. The molecule has 1 heterocycles. The maximum Gasteiger partial charge on any atom is 0.204 e. The van der Waals surface area contributed by atoms with Crippen molar-refractivity contribution < 1.29 is 9.53 Å². The molecule has 1 aromatic heterocycles. The summed E-state index contributed by atoms with van der Waals surface area (Å²) in [6.45, 7) is 0. The molecule has 0 aliphatic heterocycles. The van der Waals surface area contributed by atoms with Gasteiger partial charge in [0.2, 0.25) is 5.78 Å². The Morgan fingerprint density at radius 2 is 2.06 bits per heavy atom. The molecule has 0 amide bonds. The Hall–Kier alpha value is -0.380. The van der Waals surface area contributed by atoms with Crippen molar-refractivity contribution in [3.63, 3.8) is 0 Å². The Morgan fingerprint density at radius 1 is 1.38 bits per heavy atom. The van der Waals surface area contributed by atoms with E-state index in [-0.39, 0.29) is 5.78 Å². The van der Waals surface area contributed by atoms with Gasteiger partial charge in [0.15, 0.2) is 0 Å². The Balaban J connectivity index is 2.24. The highest BCUT2D eigenvalue weighted by molar-refractivity contribution is 7.18. The summed E-state index contributed by atoms with van der Waals surface area (Å²) in [5, 5.41) is 0. The minimum absolute atomic E-state index is 0.103. The van der Waals surface area contributed by atoms with Crippen molar-refractivity contribution in [1.82, 2.24) is 0 Å². The smallest absolute Gasteiger partial charge is 0.204 e. The molecule has 1 aromatic rings. The van der Waals surface area contributed by atoms with Crippen molar-refractivity contribution in [2.45, 2.75) is 37.7 Å². The molecular formula is C12H15ClO2S. The second-order valence-corrected chi connectivity index (χ2v) is 5.91. The summed E-state index contributed by atoms with van der Waals surface area (Å²) in [6, 6.07) is 3.57. The predicted molar refractivity (Wildman–Crippen MR) is 66.5 cm³/mol. The largest absolute Gasteiger partial charge is 0.370 e.